The fourth-order valence-electron chi connectivity index (χ4n) is 1.96. The summed E-state index contributed by atoms with van der Waals surface area (Å²) in [5.41, 5.74) is 1.10. The lowest BCUT2D eigenvalue weighted by atomic mass is 10.2. The summed E-state index contributed by atoms with van der Waals surface area (Å²) in [7, 11) is 1.65. The molecule has 0 fully saturated rings. The van der Waals surface area contributed by atoms with Gasteiger partial charge in [0.2, 0.25) is 0 Å². The maximum Gasteiger partial charge on any atom is 0.161 e. The Morgan fingerprint density at radius 2 is 2.14 bits per heavy atom. The molecule has 0 aliphatic rings. The van der Waals surface area contributed by atoms with Crippen LogP contribution in [0.5, 0.6) is 11.5 Å². The maximum atomic E-state index is 5.74. The first-order chi connectivity index (χ1) is 10.3. The van der Waals surface area contributed by atoms with Crippen molar-refractivity contribution in [1.82, 2.24) is 5.32 Å². The van der Waals surface area contributed by atoms with Crippen LogP contribution in [0.1, 0.15) is 18.2 Å². The molecule has 0 radical (unpaired) electrons. The van der Waals surface area contributed by atoms with E-state index in [0.29, 0.717) is 13.2 Å². The third-order valence-corrected chi connectivity index (χ3v) is 2.96. The van der Waals surface area contributed by atoms with Crippen LogP contribution < -0.4 is 14.8 Å². The molecule has 2 aromatic rings. The Morgan fingerprint density at radius 1 is 1.24 bits per heavy atom. The summed E-state index contributed by atoms with van der Waals surface area (Å²) >= 11 is 0. The molecule has 0 bridgehead atoms. The second-order valence-corrected chi connectivity index (χ2v) is 4.51. The van der Waals surface area contributed by atoms with E-state index in [4.69, 9.17) is 13.9 Å². The van der Waals surface area contributed by atoms with Crippen LogP contribution in [0.2, 0.25) is 0 Å². The Hall–Kier alpha value is -2.20. The molecular weight excluding hydrogens is 266 g/mol. The highest BCUT2D eigenvalue weighted by Gasteiger charge is 2.04. The molecule has 0 saturated heterocycles. The Bertz CT molecular complexity index is 561. The zero-order valence-electron chi connectivity index (χ0n) is 12.5. The monoisotopic (exact) mass is 287 g/mol. The van der Waals surface area contributed by atoms with Crippen molar-refractivity contribution in [3.8, 4) is 11.5 Å². The van der Waals surface area contributed by atoms with Crippen molar-refractivity contribution >= 4 is 6.08 Å². The highest BCUT2D eigenvalue weighted by molar-refractivity contribution is 5.55. The van der Waals surface area contributed by atoms with Gasteiger partial charge in [0, 0.05) is 6.54 Å². The van der Waals surface area contributed by atoms with Gasteiger partial charge in [-0.3, -0.25) is 0 Å². The van der Waals surface area contributed by atoms with E-state index in [1.807, 2.05) is 49.4 Å². The number of nitrogens with one attached hydrogen (secondary N) is 1. The van der Waals surface area contributed by atoms with Gasteiger partial charge in [0.05, 0.1) is 19.9 Å². The van der Waals surface area contributed by atoms with Gasteiger partial charge in [-0.25, -0.2) is 0 Å². The molecule has 112 valence electrons. The molecular formula is C17H21NO3. The van der Waals surface area contributed by atoms with Gasteiger partial charge >= 0.3 is 0 Å². The van der Waals surface area contributed by atoms with E-state index in [-0.39, 0.29) is 0 Å². The van der Waals surface area contributed by atoms with E-state index < -0.39 is 0 Å². The minimum Gasteiger partial charge on any atom is -0.493 e. The Kier molecular flexibility index (Phi) is 5.91. The first kappa shape index (κ1) is 15.2. The molecule has 0 saturated carbocycles. The van der Waals surface area contributed by atoms with E-state index in [2.05, 4.69) is 5.32 Å². The molecule has 4 nitrogen and oxygen atoms in total. The Morgan fingerprint density at radius 3 is 2.86 bits per heavy atom. The number of rotatable bonds is 8. The van der Waals surface area contributed by atoms with Gasteiger partial charge in [-0.05, 0) is 36.8 Å². The van der Waals surface area contributed by atoms with Crippen molar-refractivity contribution < 1.29 is 13.9 Å². The summed E-state index contributed by atoms with van der Waals surface area (Å²) in [6, 6.07) is 9.72. The highest BCUT2D eigenvalue weighted by atomic mass is 16.5. The van der Waals surface area contributed by atoms with Crippen LogP contribution in [0.4, 0.5) is 0 Å². The zero-order valence-corrected chi connectivity index (χ0v) is 12.5. The molecule has 0 atom stereocenters. The van der Waals surface area contributed by atoms with Crippen molar-refractivity contribution in [2.75, 3.05) is 20.3 Å². The fourth-order valence-corrected chi connectivity index (χ4v) is 1.96. The number of methoxy groups -OCH3 is 1. The van der Waals surface area contributed by atoms with E-state index in [9.17, 15) is 0 Å². The van der Waals surface area contributed by atoms with Crippen LogP contribution in [-0.2, 0) is 6.54 Å². The second-order valence-electron chi connectivity index (χ2n) is 4.51. The summed E-state index contributed by atoms with van der Waals surface area (Å²) in [5, 5.41) is 3.26. The lowest BCUT2D eigenvalue weighted by molar-refractivity contribution is 0.290. The molecule has 1 aromatic heterocycles. The average molecular weight is 287 g/mol. The number of hydrogen-bond acceptors (Lipinski definition) is 4. The van der Waals surface area contributed by atoms with Gasteiger partial charge in [0.15, 0.2) is 11.5 Å². The summed E-state index contributed by atoms with van der Waals surface area (Å²) in [5.74, 6) is 2.42. The van der Waals surface area contributed by atoms with Gasteiger partial charge in [-0.2, -0.15) is 0 Å². The first-order valence-corrected chi connectivity index (χ1v) is 7.00. The van der Waals surface area contributed by atoms with Gasteiger partial charge in [-0.15, -0.1) is 0 Å². The molecule has 1 heterocycles. The van der Waals surface area contributed by atoms with Crippen LogP contribution in [0.15, 0.2) is 47.1 Å². The topological polar surface area (TPSA) is 43.6 Å². The van der Waals surface area contributed by atoms with Gasteiger partial charge in [-0.1, -0.05) is 18.2 Å². The second kappa shape index (κ2) is 8.17. The number of benzene rings is 1. The standard InChI is InChI=1S/C17H21NO3/c1-3-5-14-7-8-16(17(12-14)19-2)21-11-9-18-13-15-6-4-10-20-15/h3-8,10,12,18H,9,11,13H2,1-2H3. The normalized spacial score (nSPS) is 11.0. The summed E-state index contributed by atoms with van der Waals surface area (Å²) in [6.45, 7) is 4.00. The third kappa shape index (κ3) is 4.68. The van der Waals surface area contributed by atoms with Crippen LogP contribution in [0, 0.1) is 0 Å². The predicted octanol–water partition coefficient (Wildman–Crippen LogP) is 3.49. The van der Waals surface area contributed by atoms with Crippen molar-refractivity contribution in [2.45, 2.75) is 13.5 Å². The molecule has 4 heteroatoms. The molecule has 2 rings (SSSR count). The largest absolute Gasteiger partial charge is 0.493 e. The minimum atomic E-state index is 0.569. The molecule has 0 aliphatic heterocycles. The fraction of sp³-hybridized carbons (Fsp3) is 0.294. The Balaban J connectivity index is 1.79. The van der Waals surface area contributed by atoms with Crippen LogP contribution in [-0.4, -0.2) is 20.3 Å². The molecule has 0 spiro atoms. The van der Waals surface area contributed by atoms with Crippen molar-refractivity contribution in [3.63, 3.8) is 0 Å². The van der Waals surface area contributed by atoms with Crippen LogP contribution in [0.3, 0.4) is 0 Å². The molecule has 0 aliphatic carbocycles. The van der Waals surface area contributed by atoms with Gasteiger partial charge in [0.1, 0.15) is 12.4 Å². The molecule has 1 aromatic carbocycles. The van der Waals surface area contributed by atoms with E-state index >= 15 is 0 Å². The quantitative estimate of drug-likeness (QED) is 0.755. The van der Waals surface area contributed by atoms with E-state index in [0.717, 1.165) is 29.4 Å². The third-order valence-electron chi connectivity index (χ3n) is 2.96. The minimum absolute atomic E-state index is 0.569. The van der Waals surface area contributed by atoms with Crippen molar-refractivity contribution in [3.05, 3.63) is 54.0 Å². The maximum absolute atomic E-state index is 5.74. The summed E-state index contributed by atoms with van der Waals surface area (Å²) in [6.07, 6.45) is 5.69. The molecule has 1 N–H and O–H groups in total. The smallest absolute Gasteiger partial charge is 0.161 e. The summed E-state index contributed by atoms with van der Waals surface area (Å²) in [4.78, 5) is 0. The molecule has 0 amide bonds. The van der Waals surface area contributed by atoms with Crippen LogP contribution >= 0.6 is 0 Å². The zero-order chi connectivity index (χ0) is 14.9. The number of hydrogen-bond donors (Lipinski definition) is 1. The number of furan rings is 1. The Labute approximate surface area is 125 Å². The van der Waals surface area contributed by atoms with Crippen molar-refractivity contribution in [2.24, 2.45) is 0 Å². The van der Waals surface area contributed by atoms with Crippen LogP contribution in [0.25, 0.3) is 6.08 Å². The lowest BCUT2D eigenvalue weighted by Crippen LogP contribution is -2.20. The highest BCUT2D eigenvalue weighted by Crippen LogP contribution is 2.28. The van der Waals surface area contributed by atoms with Crippen molar-refractivity contribution in [1.29, 1.82) is 0 Å². The SMILES string of the molecule is CC=Cc1ccc(OCCNCc2ccco2)c(OC)c1. The van der Waals surface area contributed by atoms with Gasteiger partial charge in [0.25, 0.3) is 0 Å². The van der Waals surface area contributed by atoms with E-state index in [1.54, 1.807) is 13.4 Å². The number of ether oxygens (including phenoxy) is 2. The molecule has 21 heavy (non-hydrogen) atoms. The lowest BCUT2D eigenvalue weighted by Gasteiger charge is -2.11. The predicted molar refractivity (Wildman–Crippen MR) is 83.6 cm³/mol. The van der Waals surface area contributed by atoms with E-state index in [1.165, 1.54) is 0 Å². The first-order valence-electron chi connectivity index (χ1n) is 7.00. The number of allylic oxidation sites excluding steroid dienone is 1. The molecule has 0 unspecified atom stereocenters. The summed E-state index contributed by atoms with van der Waals surface area (Å²) < 4.78 is 16.3. The average Bonchev–Trinajstić information content (AvgIpc) is 3.01. The van der Waals surface area contributed by atoms with Gasteiger partial charge < -0.3 is 19.2 Å².